The van der Waals surface area contributed by atoms with Crippen LogP contribution in [0, 0.1) is 6.92 Å². The quantitative estimate of drug-likeness (QED) is 0.868. The highest BCUT2D eigenvalue weighted by atomic mass is 16.4. The summed E-state index contributed by atoms with van der Waals surface area (Å²) in [5.41, 5.74) is 2.20. The van der Waals surface area contributed by atoms with E-state index >= 15 is 0 Å². The van der Waals surface area contributed by atoms with Crippen LogP contribution in [0.5, 0.6) is 0 Å². The van der Waals surface area contributed by atoms with E-state index in [-0.39, 0.29) is 18.5 Å². The molecular formula is C17H26N4O3. The number of aromatic amines is 1. The summed E-state index contributed by atoms with van der Waals surface area (Å²) < 4.78 is 0. The topological polar surface area (TPSA) is 89.5 Å². The van der Waals surface area contributed by atoms with Crippen molar-refractivity contribution in [2.45, 2.75) is 51.0 Å². The molecule has 0 spiro atoms. The first kappa shape index (κ1) is 17.0. The number of carbonyl (C=O) groups excluding carboxylic acids is 1. The summed E-state index contributed by atoms with van der Waals surface area (Å²) in [6.45, 7) is 4.12. The lowest BCUT2D eigenvalue weighted by atomic mass is 9.92. The van der Waals surface area contributed by atoms with Gasteiger partial charge in [-0.25, -0.2) is 0 Å². The zero-order chi connectivity index (χ0) is 17.1. The second kappa shape index (κ2) is 7.34. The van der Waals surface area contributed by atoms with Crippen molar-refractivity contribution < 1.29 is 14.7 Å². The predicted octanol–water partition coefficient (Wildman–Crippen LogP) is 1.36. The Labute approximate surface area is 142 Å². The zero-order valence-electron chi connectivity index (χ0n) is 14.2. The van der Waals surface area contributed by atoms with Crippen molar-refractivity contribution in [3.8, 4) is 0 Å². The van der Waals surface area contributed by atoms with E-state index in [1.54, 1.807) is 0 Å². The monoisotopic (exact) mass is 334 g/mol. The fourth-order valence-corrected chi connectivity index (χ4v) is 3.90. The van der Waals surface area contributed by atoms with Crippen LogP contribution in [0.2, 0.25) is 0 Å². The minimum atomic E-state index is -0.934. The van der Waals surface area contributed by atoms with Crippen molar-refractivity contribution >= 4 is 11.9 Å². The number of carboxylic acids is 1. The second-order valence-corrected chi connectivity index (χ2v) is 6.95. The Morgan fingerprint density at radius 2 is 2.04 bits per heavy atom. The second-order valence-electron chi connectivity index (χ2n) is 6.95. The van der Waals surface area contributed by atoms with Crippen LogP contribution in [-0.2, 0) is 9.59 Å². The maximum atomic E-state index is 12.7. The molecule has 1 amide bonds. The van der Waals surface area contributed by atoms with Gasteiger partial charge in [-0.05, 0) is 58.2 Å². The number of amides is 1. The van der Waals surface area contributed by atoms with Gasteiger partial charge >= 0.3 is 5.97 Å². The van der Waals surface area contributed by atoms with Crippen molar-refractivity contribution in [3.05, 3.63) is 17.5 Å². The maximum Gasteiger partial charge on any atom is 0.323 e. The third-order valence-corrected chi connectivity index (χ3v) is 5.19. The molecule has 0 bridgehead atoms. The van der Waals surface area contributed by atoms with Crippen molar-refractivity contribution in [1.82, 2.24) is 20.0 Å². The van der Waals surface area contributed by atoms with Crippen LogP contribution in [0.3, 0.4) is 0 Å². The van der Waals surface area contributed by atoms with Gasteiger partial charge < -0.3 is 10.0 Å². The van der Waals surface area contributed by atoms with Gasteiger partial charge in [0.05, 0.1) is 11.7 Å². The van der Waals surface area contributed by atoms with E-state index in [9.17, 15) is 9.59 Å². The van der Waals surface area contributed by atoms with Gasteiger partial charge in [0.1, 0.15) is 6.54 Å². The Morgan fingerprint density at radius 1 is 1.29 bits per heavy atom. The highest BCUT2D eigenvalue weighted by molar-refractivity contribution is 5.85. The maximum absolute atomic E-state index is 12.7. The van der Waals surface area contributed by atoms with Crippen molar-refractivity contribution in [2.24, 2.45) is 0 Å². The first-order valence-electron chi connectivity index (χ1n) is 8.81. The Bertz CT molecular complexity index is 592. The van der Waals surface area contributed by atoms with E-state index in [4.69, 9.17) is 5.11 Å². The molecule has 132 valence electrons. The Hall–Kier alpha value is -1.89. The minimum Gasteiger partial charge on any atom is -0.480 e. The largest absolute Gasteiger partial charge is 0.480 e. The Kier molecular flexibility index (Phi) is 5.18. The molecule has 24 heavy (non-hydrogen) atoms. The molecule has 2 saturated heterocycles. The first-order valence-corrected chi connectivity index (χ1v) is 8.81. The number of piperidine rings is 1. The highest BCUT2D eigenvalue weighted by Gasteiger charge is 2.34. The summed E-state index contributed by atoms with van der Waals surface area (Å²) in [6, 6.07) is 1.94. The molecule has 1 aromatic heterocycles. The Morgan fingerprint density at radius 3 is 2.67 bits per heavy atom. The average molecular weight is 334 g/mol. The fourth-order valence-electron chi connectivity index (χ4n) is 3.90. The van der Waals surface area contributed by atoms with Gasteiger partial charge in [-0.1, -0.05) is 0 Å². The van der Waals surface area contributed by atoms with E-state index in [1.165, 1.54) is 4.90 Å². The lowest BCUT2D eigenvalue weighted by Crippen LogP contribution is -2.51. The van der Waals surface area contributed by atoms with Crippen LogP contribution in [0.25, 0.3) is 0 Å². The van der Waals surface area contributed by atoms with Gasteiger partial charge in [-0.2, -0.15) is 5.10 Å². The molecule has 3 rings (SSSR count). The first-order chi connectivity index (χ1) is 11.5. The van der Waals surface area contributed by atoms with E-state index < -0.39 is 5.97 Å². The summed E-state index contributed by atoms with van der Waals surface area (Å²) >= 11 is 0. The molecule has 2 aliphatic rings. The van der Waals surface area contributed by atoms with Crippen molar-refractivity contribution in [2.75, 3.05) is 26.2 Å². The fraction of sp³-hybridized carbons (Fsp3) is 0.706. The summed E-state index contributed by atoms with van der Waals surface area (Å²) in [7, 11) is 0. The third kappa shape index (κ3) is 3.77. The predicted molar refractivity (Wildman–Crippen MR) is 88.7 cm³/mol. The van der Waals surface area contributed by atoms with Crippen LogP contribution < -0.4 is 0 Å². The van der Waals surface area contributed by atoms with Crippen LogP contribution >= 0.6 is 0 Å². The van der Waals surface area contributed by atoms with Crippen molar-refractivity contribution in [1.29, 1.82) is 0 Å². The lowest BCUT2D eigenvalue weighted by molar-refractivity contribution is -0.146. The van der Waals surface area contributed by atoms with Crippen LogP contribution in [0.15, 0.2) is 6.07 Å². The SMILES string of the molecule is Cc1cc(C2CCN(C3CCCCN(CC(=O)O)C3=O)CC2)n[nH]1. The van der Waals surface area contributed by atoms with Crippen molar-refractivity contribution in [3.63, 3.8) is 0 Å². The molecule has 0 aliphatic carbocycles. The van der Waals surface area contributed by atoms with E-state index in [0.717, 1.165) is 56.6 Å². The molecule has 2 fully saturated rings. The molecule has 0 saturated carbocycles. The third-order valence-electron chi connectivity index (χ3n) is 5.19. The van der Waals surface area contributed by atoms with Gasteiger partial charge in [0.2, 0.25) is 5.91 Å². The molecule has 7 heteroatoms. The number of carboxylic acid groups (broad SMARTS) is 1. The number of carbonyl (C=O) groups is 2. The van der Waals surface area contributed by atoms with Gasteiger partial charge in [-0.3, -0.25) is 19.6 Å². The molecule has 0 radical (unpaired) electrons. The molecule has 7 nitrogen and oxygen atoms in total. The van der Waals surface area contributed by atoms with Gasteiger partial charge in [0.25, 0.3) is 0 Å². The van der Waals surface area contributed by atoms with Gasteiger partial charge in [-0.15, -0.1) is 0 Å². The molecule has 2 aliphatic heterocycles. The number of aryl methyl sites for hydroxylation is 1. The molecule has 3 heterocycles. The summed E-state index contributed by atoms with van der Waals surface area (Å²) in [4.78, 5) is 27.5. The molecule has 1 atom stereocenters. The summed E-state index contributed by atoms with van der Waals surface area (Å²) in [5, 5.41) is 16.4. The normalized spacial score (nSPS) is 24.1. The van der Waals surface area contributed by atoms with Crippen LogP contribution in [0.1, 0.15) is 49.4 Å². The molecule has 1 aromatic rings. The van der Waals surface area contributed by atoms with Gasteiger partial charge in [0, 0.05) is 18.2 Å². The number of likely N-dealkylation sites (tertiary alicyclic amines) is 2. The van der Waals surface area contributed by atoms with E-state index in [1.807, 2.05) is 6.92 Å². The average Bonchev–Trinajstić information content (AvgIpc) is 2.91. The number of rotatable bonds is 4. The van der Waals surface area contributed by atoms with Crippen LogP contribution in [-0.4, -0.2) is 69.2 Å². The number of hydrogen-bond donors (Lipinski definition) is 2. The lowest BCUT2D eigenvalue weighted by Gasteiger charge is -2.37. The number of aromatic nitrogens is 2. The number of hydrogen-bond acceptors (Lipinski definition) is 4. The summed E-state index contributed by atoms with van der Waals surface area (Å²) in [6.07, 6.45) is 4.69. The number of aliphatic carboxylic acids is 1. The molecular weight excluding hydrogens is 308 g/mol. The molecule has 0 aromatic carbocycles. The van der Waals surface area contributed by atoms with E-state index in [2.05, 4.69) is 21.2 Å². The van der Waals surface area contributed by atoms with E-state index in [0.29, 0.717) is 12.5 Å². The standard InChI is InChI=1S/C17H26N4O3/c1-12-10-14(19-18-12)13-5-8-20(9-6-13)15-4-2-3-7-21(17(15)24)11-16(22)23/h10,13,15H,2-9,11H2,1H3,(H,18,19)(H,22,23). The summed E-state index contributed by atoms with van der Waals surface area (Å²) in [5.74, 6) is -0.497. The number of nitrogens with zero attached hydrogens (tertiary/aromatic N) is 3. The smallest absolute Gasteiger partial charge is 0.323 e. The minimum absolute atomic E-state index is 0.0102. The number of H-pyrrole nitrogens is 1. The number of nitrogens with one attached hydrogen (secondary N) is 1. The molecule has 2 N–H and O–H groups in total. The molecule has 1 unspecified atom stereocenters. The van der Waals surface area contributed by atoms with Crippen LogP contribution in [0.4, 0.5) is 0 Å². The Balaban J connectivity index is 1.61. The highest BCUT2D eigenvalue weighted by Crippen LogP contribution is 2.29. The zero-order valence-corrected chi connectivity index (χ0v) is 14.2. The van der Waals surface area contributed by atoms with Gasteiger partial charge in [0.15, 0.2) is 0 Å².